The highest BCUT2D eigenvalue weighted by atomic mass is 35.5. The van der Waals surface area contributed by atoms with Crippen LogP contribution in [0.2, 0.25) is 5.28 Å². The Morgan fingerprint density at radius 3 is 2.08 bits per heavy atom. The molecule has 1 saturated carbocycles. The molecule has 1 saturated heterocycles. The summed E-state index contributed by atoms with van der Waals surface area (Å²) in [5.41, 5.74) is 7.79. The molecule has 7 nitrogen and oxygen atoms in total. The van der Waals surface area contributed by atoms with Crippen molar-refractivity contribution >= 4 is 28.6 Å². The Morgan fingerprint density at radius 1 is 0.850 bits per heavy atom. The Labute approximate surface area is 243 Å². The van der Waals surface area contributed by atoms with E-state index in [1.54, 1.807) is 0 Å². The monoisotopic (exact) mass is 559 g/mol. The van der Waals surface area contributed by atoms with Gasteiger partial charge in [-0.05, 0) is 54.3 Å². The zero-order valence-electron chi connectivity index (χ0n) is 23.6. The quantitative estimate of drug-likeness (QED) is 0.208. The molecule has 4 aromatic rings. The van der Waals surface area contributed by atoms with E-state index in [9.17, 15) is 0 Å². The molecule has 40 heavy (non-hydrogen) atoms. The number of nitrogens with one attached hydrogen (secondary N) is 2. The van der Waals surface area contributed by atoms with Crippen molar-refractivity contribution in [3.8, 4) is 0 Å². The molecule has 6 rings (SSSR count). The van der Waals surface area contributed by atoms with Gasteiger partial charge in [0.05, 0.1) is 6.33 Å². The molecule has 0 amide bonds. The summed E-state index contributed by atoms with van der Waals surface area (Å²) >= 11 is 6.22. The molecule has 0 atom stereocenters. The van der Waals surface area contributed by atoms with Crippen LogP contribution in [0.5, 0.6) is 0 Å². The van der Waals surface area contributed by atoms with Gasteiger partial charge in [0.25, 0.3) is 0 Å². The van der Waals surface area contributed by atoms with Crippen molar-refractivity contribution in [2.75, 3.05) is 18.5 Å². The minimum absolute atomic E-state index is 0.288. The van der Waals surface area contributed by atoms with Crippen LogP contribution in [-0.4, -0.2) is 37.6 Å². The van der Waals surface area contributed by atoms with E-state index >= 15 is 0 Å². The predicted molar refractivity (Wildman–Crippen MR) is 164 cm³/mol. The Hall–Kier alpha value is -3.00. The van der Waals surface area contributed by atoms with Gasteiger partial charge in [0.2, 0.25) is 5.28 Å². The first-order chi connectivity index (χ1) is 19.7. The number of imidazole rings is 1. The van der Waals surface area contributed by atoms with Gasteiger partial charge in [0.15, 0.2) is 17.0 Å². The molecule has 2 aliphatic rings. The van der Waals surface area contributed by atoms with E-state index in [1.165, 1.54) is 62.5 Å². The third kappa shape index (κ3) is 7.80. The first kappa shape index (κ1) is 28.5. The van der Waals surface area contributed by atoms with E-state index in [-0.39, 0.29) is 5.28 Å². The van der Waals surface area contributed by atoms with Crippen molar-refractivity contribution in [1.82, 2.24) is 29.8 Å². The maximum absolute atomic E-state index is 6.22. The summed E-state index contributed by atoms with van der Waals surface area (Å²) in [4.78, 5) is 13.5. The average Bonchev–Trinajstić information content (AvgIpc) is 3.66. The molecule has 212 valence electrons. The molecule has 0 radical (unpaired) electrons. The van der Waals surface area contributed by atoms with Gasteiger partial charge in [-0.3, -0.25) is 0 Å². The van der Waals surface area contributed by atoms with Crippen LogP contribution in [0, 0.1) is 5.92 Å². The smallest absolute Gasteiger partial charge is 0.226 e. The molecule has 0 unspecified atom stereocenters. The molecule has 3 heterocycles. The Kier molecular flexibility index (Phi) is 10.4. The second kappa shape index (κ2) is 14.6. The van der Waals surface area contributed by atoms with Crippen LogP contribution in [0.4, 0.5) is 5.82 Å². The fourth-order valence-corrected chi connectivity index (χ4v) is 6.02. The van der Waals surface area contributed by atoms with Crippen LogP contribution >= 0.6 is 11.6 Å². The maximum Gasteiger partial charge on any atom is 0.226 e. The number of anilines is 1. The molecule has 2 N–H and O–H groups in total. The van der Waals surface area contributed by atoms with Gasteiger partial charge in [0.1, 0.15) is 0 Å². The van der Waals surface area contributed by atoms with Crippen molar-refractivity contribution < 1.29 is 0 Å². The molecule has 0 spiro atoms. The minimum Gasteiger partial charge on any atom is -0.312 e. The van der Waals surface area contributed by atoms with Crippen LogP contribution in [0.1, 0.15) is 75.5 Å². The Balaban J connectivity index is 0.000000184. The first-order valence-electron chi connectivity index (χ1n) is 14.9. The van der Waals surface area contributed by atoms with Gasteiger partial charge in [0, 0.05) is 32.2 Å². The van der Waals surface area contributed by atoms with Crippen LogP contribution < -0.4 is 10.7 Å². The number of nitrogens with zero attached hydrogens (tertiary/aromatic N) is 5. The highest BCUT2D eigenvalue weighted by Gasteiger charge is 2.23. The Bertz CT molecular complexity index is 1260. The van der Waals surface area contributed by atoms with E-state index in [0.717, 1.165) is 49.1 Å². The third-order valence-corrected chi connectivity index (χ3v) is 8.20. The normalized spacial score (nSPS) is 16.6. The summed E-state index contributed by atoms with van der Waals surface area (Å²) in [6, 6.07) is 21.4. The van der Waals surface area contributed by atoms with Gasteiger partial charge in [-0.2, -0.15) is 9.97 Å². The predicted octanol–water partition coefficient (Wildman–Crippen LogP) is 7.41. The number of halogens is 1. The first-order valence-corrected chi connectivity index (χ1v) is 15.3. The molecule has 0 bridgehead atoms. The topological polar surface area (TPSA) is 70.9 Å². The number of rotatable bonds is 9. The summed E-state index contributed by atoms with van der Waals surface area (Å²) in [7, 11) is 0. The molecule has 1 aliphatic carbocycles. The van der Waals surface area contributed by atoms with Crippen molar-refractivity contribution in [2.45, 2.75) is 77.4 Å². The molecular formula is C32H42ClN7. The molecule has 2 aromatic carbocycles. The summed E-state index contributed by atoms with van der Waals surface area (Å²) in [6.45, 7) is 6.20. The van der Waals surface area contributed by atoms with Crippen LogP contribution in [-0.2, 0) is 13.1 Å². The zero-order valence-corrected chi connectivity index (χ0v) is 24.4. The van der Waals surface area contributed by atoms with Crippen LogP contribution in [0.15, 0.2) is 67.0 Å². The van der Waals surface area contributed by atoms with E-state index < -0.39 is 0 Å². The lowest BCUT2D eigenvalue weighted by Gasteiger charge is -2.32. The lowest BCUT2D eigenvalue weighted by Crippen LogP contribution is -2.38. The van der Waals surface area contributed by atoms with Crippen LogP contribution in [0.3, 0.4) is 0 Å². The summed E-state index contributed by atoms with van der Waals surface area (Å²) in [6.07, 6.45) is 11.9. The summed E-state index contributed by atoms with van der Waals surface area (Å²) in [5.74, 6) is 1.60. The number of fused-ring (bicyclic) bond motifs is 1. The molecule has 1 aliphatic heterocycles. The lowest BCUT2D eigenvalue weighted by atomic mass is 9.93. The summed E-state index contributed by atoms with van der Waals surface area (Å²) < 4.78 is 2.19. The Morgan fingerprint density at radius 2 is 1.48 bits per heavy atom. The summed E-state index contributed by atoms with van der Waals surface area (Å²) in [5, 5.41) is 5.95. The second-order valence-corrected chi connectivity index (χ2v) is 11.3. The van der Waals surface area contributed by atoms with Gasteiger partial charge >= 0.3 is 0 Å². The van der Waals surface area contributed by atoms with Crippen LogP contribution in [0.25, 0.3) is 11.2 Å². The molecular weight excluding hydrogens is 518 g/mol. The van der Waals surface area contributed by atoms with E-state index in [2.05, 4.69) is 90.7 Å². The average molecular weight is 560 g/mol. The number of piperidine rings is 1. The second-order valence-electron chi connectivity index (χ2n) is 11.0. The third-order valence-electron chi connectivity index (χ3n) is 8.03. The fourth-order valence-electron chi connectivity index (χ4n) is 5.85. The van der Waals surface area contributed by atoms with E-state index in [1.807, 2.05) is 18.5 Å². The SMILES string of the molecule is CCCC1CCN(Nc2nc(Cl)nc3c2ncn3C2CCCC2)CC1.c1ccc(CNCc2ccccc2)cc1. The van der Waals surface area contributed by atoms with E-state index in [0.29, 0.717) is 6.04 Å². The highest BCUT2D eigenvalue weighted by Crippen LogP contribution is 2.33. The van der Waals surface area contributed by atoms with Gasteiger partial charge in [-0.15, -0.1) is 0 Å². The largest absolute Gasteiger partial charge is 0.312 e. The number of benzene rings is 2. The molecule has 2 aromatic heterocycles. The zero-order chi connectivity index (χ0) is 27.6. The maximum atomic E-state index is 6.22. The van der Waals surface area contributed by atoms with Crippen molar-refractivity contribution in [1.29, 1.82) is 0 Å². The number of aromatic nitrogens is 4. The standard InChI is InChI=1S/C18H27ClN6.C14H15N/c1-2-5-13-8-10-24(11-9-13)23-16-15-17(22-18(19)21-16)25(12-20-15)14-6-3-4-7-14;1-3-7-13(8-4-1)11-15-12-14-9-5-2-6-10-14/h12-14H,2-11H2,1H3,(H,21,22,23);1-10,15H,11-12H2. The number of hydrogen-bond acceptors (Lipinski definition) is 6. The van der Waals surface area contributed by atoms with Gasteiger partial charge in [-0.1, -0.05) is 93.3 Å². The van der Waals surface area contributed by atoms with Gasteiger partial charge < -0.3 is 15.3 Å². The van der Waals surface area contributed by atoms with Crippen molar-refractivity contribution in [3.63, 3.8) is 0 Å². The minimum atomic E-state index is 0.288. The number of hydrogen-bond donors (Lipinski definition) is 2. The molecule has 2 fully saturated rings. The fraction of sp³-hybridized carbons (Fsp3) is 0.469. The van der Waals surface area contributed by atoms with Gasteiger partial charge in [-0.25, -0.2) is 9.99 Å². The highest BCUT2D eigenvalue weighted by molar-refractivity contribution is 6.28. The number of hydrazine groups is 1. The molecule has 8 heteroatoms. The van der Waals surface area contributed by atoms with E-state index in [4.69, 9.17) is 11.6 Å². The lowest BCUT2D eigenvalue weighted by molar-refractivity contribution is 0.209. The van der Waals surface area contributed by atoms with Crippen molar-refractivity contribution in [2.24, 2.45) is 5.92 Å². The van der Waals surface area contributed by atoms with Crippen molar-refractivity contribution in [3.05, 3.63) is 83.4 Å².